The van der Waals surface area contributed by atoms with E-state index < -0.39 is 9.84 Å². The van der Waals surface area contributed by atoms with Gasteiger partial charge in [0.2, 0.25) is 5.91 Å². The van der Waals surface area contributed by atoms with Crippen LogP contribution >= 0.6 is 0 Å². The summed E-state index contributed by atoms with van der Waals surface area (Å²) < 4.78 is 22.9. The lowest BCUT2D eigenvalue weighted by Gasteiger charge is -2.23. The maximum absolute atomic E-state index is 11.8. The molecule has 1 aliphatic rings. The molecule has 7 heteroatoms. The highest BCUT2D eigenvalue weighted by Gasteiger charge is 2.25. The lowest BCUT2D eigenvalue weighted by molar-refractivity contribution is -0.116. The van der Waals surface area contributed by atoms with Gasteiger partial charge in [0.05, 0.1) is 23.4 Å². The molecule has 1 saturated heterocycles. The third-order valence-electron chi connectivity index (χ3n) is 2.89. The predicted octanol–water partition coefficient (Wildman–Crippen LogP) is 0.105. The predicted molar refractivity (Wildman–Crippen MR) is 72.7 cm³/mol. The first-order chi connectivity index (χ1) is 8.94. The van der Waals surface area contributed by atoms with E-state index in [1.165, 1.54) is 0 Å². The lowest BCUT2D eigenvalue weighted by Crippen LogP contribution is -2.46. The molecule has 2 rings (SSSR count). The Bertz CT molecular complexity index is 571. The van der Waals surface area contributed by atoms with Crippen LogP contribution in [0.5, 0.6) is 0 Å². The lowest BCUT2D eigenvalue weighted by atomic mass is 10.2. The summed E-state index contributed by atoms with van der Waals surface area (Å²) in [6, 6.07) is 1.51. The Hall–Kier alpha value is -1.47. The number of anilines is 1. The normalized spacial score (nSPS) is 21.8. The molecule has 1 aromatic heterocycles. The van der Waals surface area contributed by atoms with Crippen LogP contribution in [0, 0.1) is 6.92 Å². The van der Waals surface area contributed by atoms with Gasteiger partial charge in [-0.1, -0.05) is 0 Å². The molecule has 0 saturated carbocycles. The molecule has 1 aromatic rings. The van der Waals surface area contributed by atoms with E-state index in [4.69, 9.17) is 0 Å². The molecular weight excluding hydrogens is 266 g/mol. The number of rotatable bonds is 3. The topological polar surface area (TPSA) is 88.2 Å². The van der Waals surface area contributed by atoms with E-state index in [0.717, 1.165) is 5.56 Å². The van der Waals surface area contributed by atoms with Crippen molar-refractivity contribution in [1.82, 2.24) is 10.3 Å². The van der Waals surface area contributed by atoms with Gasteiger partial charge >= 0.3 is 0 Å². The molecule has 0 bridgehead atoms. The van der Waals surface area contributed by atoms with Crippen LogP contribution < -0.4 is 10.6 Å². The zero-order valence-corrected chi connectivity index (χ0v) is 11.5. The number of hydrogen-bond donors (Lipinski definition) is 2. The fourth-order valence-corrected chi connectivity index (χ4v) is 3.50. The Morgan fingerprint density at radius 1 is 1.53 bits per heavy atom. The maximum Gasteiger partial charge on any atom is 0.226 e. The minimum atomic E-state index is -3.01. The van der Waals surface area contributed by atoms with Crippen molar-refractivity contribution in [3.63, 3.8) is 0 Å². The minimum absolute atomic E-state index is 0.0203. The van der Waals surface area contributed by atoms with Gasteiger partial charge in [0.25, 0.3) is 0 Å². The van der Waals surface area contributed by atoms with E-state index in [1.807, 2.05) is 13.0 Å². The van der Waals surface area contributed by atoms with Gasteiger partial charge in [-0.2, -0.15) is 0 Å². The van der Waals surface area contributed by atoms with Crippen molar-refractivity contribution in [3.8, 4) is 0 Å². The monoisotopic (exact) mass is 283 g/mol. The fraction of sp³-hybridized carbons (Fsp3) is 0.500. The van der Waals surface area contributed by atoms with Gasteiger partial charge in [-0.25, -0.2) is 8.42 Å². The van der Waals surface area contributed by atoms with Gasteiger partial charge < -0.3 is 10.6 Å². The Morgan fingerprint density at radius 2 is 2.32 bits per heavy atom. The number of nitrogens with one attached hydrogen (secondary N) is 2. The number of pyridine rings is 1. The molecule has 6 nitrogen and oxygen atoms in total. The first-order valence-electron chi connectivity index (χ1n) is 6.10. The van der Waals surface area contributed by atoms with E-state index in [2.05, 4.69) is 15.6 Å². The first-order valence-corrected chi connectivity index (χ1v) is 7.92. The molecule has 0 spiro atoms. The van der Waals surface area contributed by atoms with E-state index in [1.54, 1.807) is 12.4 Å². The first kappa shape index (κ1) is 14.0. The molecule has 1 aliphatic heterocycles. The molecule has 1 unspecified atom stereocenters. The summed E-state index contributed by atoms with van der Waals surface area (Å²) in [6.45, 7) is 2.30. The second-order valence-corrected chi connectivity index (χ2v) is 7.00. The third kappa shape index (κ3) is 4.29. The van der Waals surface area contributed by atoms with E-state index in [9.17, 15) is 13.2 Å². The number of sulfone groups is 1. The second kappa shape index (κ2) is 5.66. The van der Waals surface area contributed by atoms with Gasteiger partial charge in [0.15, 0.2) is 9.84 Å². The molecule has 19 heavy (non-hydrogen) atoms. The standard InChI is InChI=1S/C12H17N3O3S/c1-9-4-10(7-13-6-9)15-12(16)5-11-8-19(17,18)3-2-14-11/h4,6-7,11,14H,2-3,5,8H2,1H3,(H,15,16). The van der Waals surface area contributed by atoms with Crippen LogP contribution in [0.25, 0.3) is 0 Å². The highest BCUT2D eigenvalue weighted by molar-refractivity contribution is 7.91. The molecule has 0 radical (unpaired) electrons. The smallest absolute Gasteiger partial charge is 0.226 e. The average molecular weight is 283 g/mol. The Morgan fingerprint density at radius 3 is 3.00 bits per heavy atom. The summed E-state index contributed by atoms with van der Waals surface area (Å²) >= 11 is 0. The van der Waals surface area contributed by atoms with E-state index in [-0.39, 0.29) is 29.9 Å². The Kier molecular flexibility index (Phi) is 4.16. The van der Waals surface area contributed by atoms with Crippen molar-refractivity contribution in [2.75, 3.05) is 23.4 Å². The van der Waals surface area contributed by atoms with Crippen molar-refractivity contribution in [2.45, 2.75) is 19.4 Å². The minimum Gasteiger partial charge on any atom is -0.325 e. The maximum atomic E-state index is 11.8. The largest absolute Gasteiger partial charge is 0.325 e. The van der Waals surface area contributed by atoms with Crippen LogP contribution in [0.2, 0.25) is 0 Å². The SMILES string of the molecule is Cc1cncc(NC(=O)CC2CS(=O)(=O)CCN2)c1. The van der Waals surface area contributed by atoms with E-state index >= 15 is 0 Å². The zero-order chi connectivity index (χ0) is 13.9. The van der Waals surface area contributed by atoms with Crippen molar-refractivity contribution < 1.29 is 13.2 Å². The summed E-state index contributed by atoms with van der Waals surface area (Å²) in [5, 5.41) is 5.77. The summed E-state index contributed by atoms with van der Waals surface area (Å²) in [7, 11) is -3.01. The van der Waals surface area contributed by atoms with Gasteiger partial charge in [-0.15, -0.1) is 0 Å². The zero-order valence-electron chi connectivity index (χ0n) is 10.7. The van der Waals surface area contributed by atoms with Gasteiger partial charge in [0, 0.05) is 25.2 Å². The van der Waals surface area contributed by atoms with Gasteiger partial charge in [0.1, 0.15) is 0 Å². The van der Waals surface area contributed by atoms with Gasteiger partial charge in [-0.05, 0) is 18.6 Å². The summed E-state index contributed by atoms with van der Waals surface area (Å²) in [5.41, 5.74) is 1.58. The Balaban J connectivity index is 1.91. The van der Waals surface area contributed by atoms with Crippen molar-refractivity contribution in [1.29, 1.82) is 0 Å². The summed E-state index contributed by atoms with van der Waals surface area (Å²) in [4.78, 5) is 15.8. The number of nitrogens with zero attached hydrogens (tertiary/aromatic N) is 1. The van der Waals surface area contributed by atoms with Crippen molar-refractivity contribution in [3.05, 3.63) is 24.0 Å². The van der Waals surface area contributed by atoms with Gasteiger partial charge in [-0.3, -0.25) is 9.78 Å². The molecule has 0 aromatic carbocycles. The molecule has 1 atom stereocenters. The average Bonchev–Trinajstić information content (AvgIpc) is 2.27. The fourth-order valence-electron chi connectivity index (χ4n) is 2.06. The molecule has 1 amide bonds. The van der Waals surface area contributed by atoms with Crippen molar-refractivity contribution in [2.24, 2.45) is 0 Å². The molecule has 1 fully saturated rings. The van der Waals surface area contributed by atoms with Crippen LogP contribution in [0.4, 0.5) is 5.69 Å². The van der Waals surface area contributed by atoms with Crippen molar-refractivity contribution >= 4 is 21.4 Å². The van der Waals surface area contributed by atoms with Crippen LogP contribution in [-0.4, -0.2) is 43.4 Å². The summed E-state index contributed by atoms with van der Waals surface area (Å²) in [6.07, 6.45) is 3.41. The van der Waals surface area contributed by atoms with E-state index in [0.29, 0.717) is 12.2 Å². The highest BCUT2D eigenvalue weighted by Crippen LogP contribution is 2.10. The van der Waals surface area contributed by atoms with Crippen LogP contribution in [0.3, 0.4) is 0 Å². The molecule has 0 aliphatic carbocycles. The molecular formula is C12H17N3O3S. The van der Waals surface area contributed by atoms with Crippen LogP contribution in [0.1, 0.15) is 12.0 Å². The number of carbonyl (C=O) groups is 1. The third-order valence-corrected chi connectivity index (χ3v) is 4.63. The highest BCUT2D eigenvalue weighted by atomic mass is 32.2. The number of hydrogen-bond acceptors (Lipinski definition) is 5. The Labute approximate surface area is 112 Å². The number of carbonyl (C=O) groups excluding carboxylic acids is 1. The molecule has 2 heterocycles. The molecule has 2 N–H and O–H groups in total. The number of amides is 1. The van der Waals surface area contributed by atoms with Crippen LogP contribution in [0.15, 0.2) is 18.5 Å². The summed E-state index contributed by atoms with van der Waals surface area (Å²) in [5.74, 6) is -0.0404. The second-order valence-electron chi connectivity index (χ2n) is 4.77. The molecule has 104 valence electrons. The number of aromatic nitrogens is 1. The van der Waals surface area contributed by atoms with Crippen LogP contribution in [-0.2, 0) is 14.6 Å². The number of aryl methyl sites for hydroxylation is 1. The quantitative estimate of drug-likeness (QED) is 0.821.